The molecule has 5 rings (SSSR count). The Morgan fingerprint density at radius 3 is 2.36 bits per heavy atom. The van der Waals surface area contributed by atoms with Gasteiger partial charge in [-0.25, -0.2) is 0 Å². The highest BCUT2D eigenvalue weighted by molar-refractivity contribution is 5.83. The number of morpholine rings is 1. The third-order valence-electron chi connectivity index (χ3n) is 6.24. The predicted octanol–water partition coefficient (Wildman–Crippen LogP) is 4.10. The summed E-state index contributed by atoms with van der Waals surface area (Å²) in [6.45, 7) is 5.00. The van der Waals surface area contributed by atoms with E-state index in [1.807, 2.05) is 4.90 Å². The van der Waals surface area contributed by atoms with Crippen LogP contribution in [0.25, 0.3) is 11.0 Å². The van der Waals surface area contributed by atoms with Gasteiger partial charge in [-0.1, -0.05) is 0 Å². The molecular weight excluding hydrogens is 481 g/mol. The summed E-state index contributed by atoms with van der Waals surface area (Å²) < 4.78 is 69.1. The van der Waals surface area contributed by atoms with Crippen molar-refractivity contribution in [1.29, 1.82) is 0 Å². The van der Waals surface area contributed by atoms with E-state index in [0.29, 0.717) is 36.8 Å². The number of halogens is 3. The molecule has 0 N–H and O–H groups in total. The number of rotatable bonds is 6. The van der Waals surface area contributed by atoms with E-state index < -0.39 is 23.1 Å². The summed E-state index contributed by atoms with van der Waals surface area (Å²) >= 11 is 0. The second-order valence-corrected chi connectivity index (χ2v) is 8.56. The molecule has 8 nitrogen and oxygen atoms in total. The van der Waals surface area contributed by atoms with Crippen molar-refractivity contribution in [2.45, 2.75) is 12.7 Å². The molecule has 3 heterocycles. The van der Waals surface area contributed by atoms with Crippen LogP contribution in [0.5, 0.6) is 23.0 Å². The first-order valence-electron chi connectivity index (χ1n) is 11.5. The van der Waals surface area contributed by atoms with Crippen LogP contribution in [0.3, 0.4) is 0 Å². The molecule has 192 valence electrons. The zero-order chi connectivity index (χ0) is 25.3. The van der Waals surface area contributed by atoms with Crippen LogP contribution in [0.1, 0.15) is 11.3 Å². The monoisotopic (exact) mass is 506 g/mol. The van der Waals surface area contributed by atoms with Gasteiger partial charge in [0.05, 0.1) is 31.3 Å². The second kappa shape index (κ2) is 10.00. The summed E-state index contributed by atoms with van der Waals surface area (Å²) in [5.74, 6) is -1.47. The molecule has 1 saturated heterocycles. The molecule has 0 saturated carbocycles. The summed E-state index contributed by atoms with van der Waals surface area (Å²) in [5.41, 5.74) is -0.657. The number of hydrogen-bond donors (Lipinski definition) is 0. The van der Waals surface area contributed by atoms with E-state index in [1.54, 1.807) is 6.07 Å². The molecule has 2 aromatic carbocycles. The molecule has 2 aliphatic heterocycles. The van der Waals surface area contributed by atoms with Crippen LogP contribution in [-0.4, -0.2) is 63.0 Å². The molecule has 0 amide bonds. The molecule has 0 aliphatic carbocycles. The van der Waals surface area contributed by atoms with Crippen molar-refractivity contribution >= 4 is 11.0 Å². The lowest BCUT2D eigenvalue weighted by Crippen LogP contribution is -2.43. The van der Waals surface area contributed by atoms with Crippen molar-refractivity contribution in [3.05, 3.63) is 57.9 Å². The summed E-state index contributed by atoms with van der Waals surface area (Å²) in [5, 5.41) is -0.0103. The van der Waals surface area contributed by atoms with Crippen molar-refractivity contribution in [2.24, 2.45) is 0 Å². The highest BCUT2D eigenvalue weighted by atomic mass is 19.4. The Labute approximate surface area is 204 Å². The van der Waals surface area contributed by atoms with Crippen LogP contribution in [-0.2, 0) is 17.5 Å². The molecule has 36 heavy (non-hydrogen) atoms. The molecule has 1 aromatic heterocycles. The van der Waals surface area contributed by atoms with Gasteiger partial charge in [0.15, 0.2) is 0 Å². The van der Waals surface area contributed by atoms with Gasteiger partial charge in [-0.2, -0.15) is 13.2 Å². The average Bonchev–Trinajstić information content (AvgIpc) is 2.89. The zero-order valence-corrected chi connectivity index (χ0v) is 19.6. The van der Waals surface area contributed by atoms with Crippen molar-refractivity contribution in [3.8, 4) is 23.0 Å². The smallest absolute Gasteiger partial charge is 0.453 e. The molecule has 0 radical (unpaired) electrons. The molecular formula is C25H25F3N2O6. The van der Waals surface area contributed by atoms with Gasteiger partial charge in [0.2, 0.25) is 11.2 Å². The van der Waals surface area contributed by atoms with E-state index in [9.17, 15) is 18.0 Å². The Bertz CT molecular complexity index is 1290. The van der Waals surface area contributed by atoms with Gasteiger partial charge >= 0.3 is 6.18 Å². The van der Waals surface area contributed by atoms with Crippen LogP contribution in [0, 0.1) is 0 Å². The molecule has 0 bridgehead atoms. The van der Waals surface area contributed by atoms with Gasteiger partial charge in [-0.05, 0) is 36.4 Å². The maximum atomic E-state index is 14.0. The lowest BCUT2D eigenvalue weighted by Gasteiger charge is -2.32. The normalized spacial score (nSPS) is 17.0. The zero-order valence-electron chi connectivity index (χ0n) is 19.6. The van der Waals surface area contributed by atoms with Crippen molar-refractivity contribution in [1.82, 2.24) is 9.80 Å². The van der Waals surface area contributed by atoms with Gasteiger partial charge in [0.25, 0.3) is 5.76 Å². The topological polar surface area (TPSA) is 73.6 Å². The second-order valence-electron chi connectivity index (χ2n) is 8.56. The van der Waals surface area contributed by atoms with E-state index >= 15 is 0 Å². The lowest BCUT2D eigenvalue weighted by atomic mass is 10.1. The van der Waals surface area contributed by atoms with Crippen LogP contribution in [0.4, 0.5) is 13.2 Å². The van der Waals surface area contributed by atoms with Crippen LogP contribution >= 0.6 is 0 Å². The predicted molar refractivity (Wildman–Crippen MR) is 124 cm³/mol. The summed E-state index contributed by atoms with van der Waals surface area (Å²) in [6, 6.07) is 8.85. The maximum absolute atomic E-state index is 14.0. The first-order chi connectivity index (χ1) is 17.3. The lowest BCUT2D eigenvalue weighted by molar-refractivity contribution is -0.154. The van der Waals surface area contributed by atoms with Gasteiger partial charge in [0, 0.05) is 32.7 Å². The minimum absolute atomic E-state index is 0.0103. The van der Waals surface area contributed by atoms with Crippen molar-refractivity contribution < 1.29 is 36.5 Å². The Morgan fingerprint density at radius 1 is 0.972 bits per heavy atom. The van der Waals surface area contributed by atoms with Gasteiger partial charge in [-0.15, -0.1) is 0 Å². The van der Waals surface area contributed by atoms with E-state index in [1.165, 1.54) is 37.4 Å². The standard InChI is InChI=1S/C25H25F3N2O6/c1-32-16-2-4-17(5-3-16)35-23-21(31)18-6-7-20-19(22(18)36-24(23)25(26,27)28)14-30(15-34-20)9-8-29-10-12-33-13-11-29/h2-7H,8-15H2,1H3. The number of alkyl halides is 3. The molecule has 0 atom stereocenters. The van der Waals surface area contributed by atoms with Crippen molar-refractivity contribution in [2.75, 3.05) is 53.2 Å². The van der Waals surface area contributed by atoms with Gasteiger partial charge in [0.1, 0.15) is 29.6 Å². The summed E-state index contributed by atoms with van der Waals surface area (Å²) in [6.07, 6.45) is -4.95. The Balaban J connectivity index is 1.49. The maximum Gasteiger partial charge on any atom is 0.453 e. The van der Waals surface area contributed by atoms with Crippen LogP contribution in [0.15, 0.2) is 45.6 Å². The number of benzene rings is 2. The van der Waals surface area contributed by atoms with Crippen LogP contribution in [0.2, 0.25) is 0 Å². The van der Waals surface area contributed by atoms with Crippen molar-refractivity contribution in [3.63, 3.8) is 0 Å². The molecule has 0 unspecified atom stereocenters. The highest BCUT2D eigenvalue weighted by Gasteiger charge is 2.41. The van der Waals surface area contributed by atoms with Gasteiger partial charge < -0.3 is 23.4 Å². The third kappa shape index (κ3) is 4.99. The number of methoxy groups -OCH3 is 1. The first kappa shape index (κ1) is 24.4. The Kier molecular flexibility index (Phi) is 6.78. The number of hydrogen-bond acceptors (Lipinski definition) is 8. The van der Waals surface area contributed by atoms with E-state index in [-0.39, 0.29) is 30.0 Å². The van der Waals surface area contributed by atoms with E-state index in [2.05, 4.69) is 4.90 Å². The highest BCUT2D eigenvalue weighted by Crippen LogP contribution is 2.41. The fraction of sp³-hybridized carbons (Fsp3) is 0.400. The Hall–Kier alpha value is -3.28. The molecule has 11 heteroatoms. The molecule has 3 aromatic rings. The minimum atomic E-state index is -4.95. The summed E-state index contributed by atoms with van der Waals surface area (Å²) in [7, 11) is 1.46. The third-order valence-corrected chi connectivity index (χ3v) is 6.24. The number of nitrogens with zero attached hydrogens (tertiary/aromatic N) is 2. The number of ether oxygens (including phenoxy) is 4. The van der Waals surface area contributed by atoms with E-state index in [0.717, 1.165) is 19.6 Å². The quantitative estimate of drug-likeness (QED) is 0.495. The first-order valence-corrected chi connectivity index (χ1v) is 11.5. The SMILES string of the molecule is COc1ccc(Oc2c(C(F)(F)F)oc3c4c(ccc3c2=O)OCN(CCN2CCOCC2)C4)cc1. The largest absolute Gasteiger partial charge is 0.497 e. The fourth-order valence-electron chi connectivity index (χ4n) is 4.29. The average molecular weight is 506 g/mol. The minimum Gasteiger partial charge on any atom is -0.497 e. The molecule has 1 fully saturated rings. The van der Waals surface area contributed by atoms with Crippen LogP contribution < -0.4 is 19.6 Å². The fourth-order valence-corrected chi connectivity index (χ4v) is 4.29. The van der Waals surface area contributed by atoms with Gasteiger partial charge in [-0.3, -0.25) is 14.6 Å². The molecule has 2 aliphatic rings. The number of fused-ring (bicyclic) bond motifs is 3. The van der Waals surface area contributed by atoms with E-state index in [4.69, 9.17) is 23.4 Å². The summed E-state index contributed by atoms with van der Waals surface area (Å²) in [4.78, 5) is 17.5. The molecule has 0 spiro atoms. The Morgan fingerprint density at radius 2 is 1.67 bits per heavy atom.